The van der Waals surface area contributed by atoms with Gasteiger partial charge in [0, 0.05) is 16.6 Å². The van der Waals surface area contributed by atoms with E-state index in [-0.39, 0.29) is 6.04 Å². The third-order valence-electron chi connectivity index (χ3n) is 4.92. The van der Waals surface area contributed by atoms with E-state index in [9.17, 15) is 0 Å². The molecule has 0 radical (unpaired) electrons. The summed E-state index contributed by atoms with van der Waals surface area (Å²) in [5.41, 5.74) is 7.85. The lowest BCUT2D eigenvalue weighted by molar-refractivity contribution is 0.173. The van der Waals surface area contributed by atoms with Crippen LogP contribution in [0.1, 0.15) is 57.6 Å². The predicted molar refractivity (Wildman–Crippen MR) is 94.4 cm³/mol. The van der Waals surface area contributed by atoms with E-state index in [2.05, 4.69) is 58.9 Å². The van der Waals surface area contributed by atoms with E-state index in [1.54, 1.807) is 0 Å². The standard InChI is InChI=1S/C18H29BrN2/c1-3-14-7-6-11-21(12-10-14)18(17(20)4-2)15-8-5-9-16(19)13-15/h5,8-9,13-14,17-18H,3-4,6-7,10-12,20H2,1-2H3. The van der Waals surface area contributed by atoms with Crippen LogP contribution in [-0.2, 0) is 0 Å². The molecule has 3 unspecified atom stereocenters. The van der Waals surface area contributed by atoms with E-state index in [1.807, 2.05) is 0 Å². The maximum Gasteiger partial charge on any atom is 0.0499 e. The quantitative estimate of drug-likeness (QED) is 0.828. The van der Waals surface area contributed by atoms with Gasteiger partial charge < -0.3 is 5.73 Å². The molecule has 1 aromatic carbocycles. The zero-order valence-corrected chi connectivity index (χ0v) is 15.0. The lowest BCUT2D eigenvalue weighted by atomic mass is 9.95. The number of likely N-dealkylation sites (tertiary alicyclic amines) is 1. The molecule has 118 valence electrons. The van der Waals surface area contributed by atoms with Crippen molar-refractivity contribution in [3.63, 3.8) is 0 Å². The van der Waals surface area contributed by atoms with E-state index in [0.29, 0.717) is 6.04 Å². The number of rotatable bonds is 5. The Kier molecular flexibility index (Phi) is 6.72. The molecule has 2 rings (SSSR count). The molecule has 21 heavy (non-hydrogen) atoms. The second kappa shape index (κ2) is 8.30. The maximum absolute atomic E-state index is 6.49. The van der Waals surface area contributed by atoms with Gasteiger partial charge in [-0.25, -0.2) is 0 Å². The molecule has 2 nitrogen and oxygen atoms in total. The summed E-state index contributed by atoms with van der Waals surface area (Å²) in [7, 11) is 0. The van der Waals surface area contributed by atoms with Gasteiger partial charge in [0.25, 0.3) is 0 Å². The fraction of sp³-hybridized carbons (Fsp3) is 0.667. The molecular formula is C18H29BrN2. The highest BCUT2D eigenvalue weighted by molar-refractivity contribution is 9.10. The smallest absolute Gasteiger partial charge is 0.0499 e. The largest absolute Gasteiger partial charge is 0.326 e. The highest BCUT2D eigenvalue weighted by atomic mass is 79.9. The van der Waals surface area contributed by atoms with E-state index in [4.69, 9.17) is 5.73 Å². The van der Waals surface area contributed by atoms with Gasteiger partial charge in [-0.15, -0.1) is 0 Å². The number of nitrogens with zero attached hydrogens (tertiary/aromatic N) is 1. The Morgan fingerprint density at radius 1 is 1.29 bits per heavy atom. The molecule has 0 spiro atoms. The van der Waals surface area contributed by atoms with Crippen LogP contribution in [0.25, 0.3) is 0 Å². The maximum atomic E-state index is 6.49. The van der Waals surface area contributed by atoms with Gasteiger partial charge in [0.15, 0.2) is 0 Å². The minimum absolute atomic E-state index is 0.206. The Morgan fingerprint density at radius 2 is 2.10 bits per heavy atom. The fourth-order valence-electron chi connectivity index (χ4n) is 3.52. The number of halogens is 1. The van der Waals surface area contributed by atoms with Gasteiger partial charge in [-0.05, 0) is 62.4 Å². The van der Waals surface area contributed by atoms with E-state index in [1.165, 1.54) is 44.3 Å². The molecule has 3 atom stereocenters. The van der Waals surface area contributed by atoms with Crippen molar-refractivity contribution in [1.82, 2.24) is 4.90 Å². The van der Waals surface area contributed by atoms with Gasteiger partial charge in [-0.3, -0.25) is 4.90 Å². The first-order valence-corrected chi connectivity index (χ1v) is 9.20. The molecule has 3 heteroatoms. The molecule has 0 bridgehead atoms. The first kappa shape index (κ1) is 17.0. The number of benzene rings is 1. The molecule has 0 amide bonds. The summed E-state index contributed by atoms with van der Waals surface area (Å²) in [4.78, 5) is 2.63. The molecule has 0 aromatic heterocycles. The number of nitrogens with two attached hydrogens (primary N) is 1. The van der Waals surface area contributed by atoms with Crippen molar-refractivity contribution in [2.24, 2.45) is 11.7 Å². The fourth-order valence-corrected chi connectivity index (χ4v) is 3.93. The molecule has 0 aliphatic carbocycles. The van der Waals surface area contributed by atoms with Crippen LogP contribution in [0, 0.1) is 5.92 Å². The van der Waals surface area contributed by atoms with Crippen molar-refractivity contribution < 1.29 is 0 Å². The van der Waals surface area contributed by atoms with Crippen molar-refractivity contribution >= 4 is 15.9 Å². The molecule has 1 saturated heterocycles. The van der Waals surface area contributed by atoms with Gasteiger partial charge in [-0.1, -0.05) is 48.3 Å². The molecule has 1 aliphatic rings. The van der Waals surface area contributed by atoms with E-state index in [0.717, 1.165) is 16.8 Å². The van der Waals surface area contributed by atoms with Crippen molar-refractivity contribution in [3.8, 4) is 0 Å². The van der Waals surface area contributed by atoms with Gasteiger partial charge in [-0.2, -0.15) is 0 Å². The molecule has 1 aromatic rings. The summed E-state index contributed by atoms with van der Waals surface area (Å²) in [6, 6.07) is 9.24. The van der Waals surface area contributed by atoms with Crippen molar-refractivity contribution in [3.05, 3.63) is 34.3 Å². The normalized spacial score (nSPS) is 23.5. The van der Waals surface area contributed by atoms with E-state index >= 15 is 0 Å². The lowest BCUT2D eigenvalue weighted by Crippen LogP contribution is -2.41. The zero-order valence-electron chi connectivity index (χ0n) is 13.4. The van der Waals surface area contributed by atoms with Crippen molar-refractivity contribution in [2.45, 2.75) is 58.0 Å². The van der Waals surface area contributed by atoms with Crippen LogP contribution >= 0.6 is 15.9 Å². The Bertz CT molecular complexity index is 435. The van der Waals surface area contributed by atoms with Crippen LogP contribution in [0.2, 0.25) is 0 Å². The lowest BCUT2D eigenvalue weighted by Gasteiger charge is -2.35. The van der Waals surface area contributed by atoms with Crippen LogP contribution in [0.4, 0.5) is 0 Å². The Labute approximate surface area is 138 Å². The number of hydrogen-bond acceptors (Lipinski definition) is 2. The summed E-state index contributed by atoms with van der Waals surface area (Å²) >= 11 is 3.60. The number of hydrogen-bond donors (Lipinski definition) is 1. The van der Waals surface area contributed by atoms with Crippen LogP contribution in [-0.4, -0.2) is 24.0 Å². The first-order valence-electron chi connectivity index (χ1n) is 8.40. The van der Waals surface area contributed by atoms with Gasteiger partial charge in [0.1, 0.15) is 0 Å². The first-order chi connectivity index (χ1) is 10.2. The summed E-state index contributed by atoms with van der Waals surface area (Å²) in [5.74, 6) is 0.899. The minimum atomic E-state index is 0.206. The Morgan fingerprint density at radius 3 is 2.76 bits per heavy atom. The van der Waals surface area contributed by atoms with Gasteiger partial charge >= 0.3 is 0 Å². The SMILES string of the molecule is CCC1CCCN(C(c2cccc(Br)c2)C(N)CC)CC1. The van der Waals surface area contributed by atoms with Crippen LogP contribution in [0.5, 0.6) is 0 Å². The molecule has 0 saturated carbocycles. The molecule has 1 fully saturated rings. The average Bonchev–Trinajstić information content (AvgIpc) is 2.73. The van der Waals surface area contributed by atoms with Crippen LogP contribution in [0.3, 0.4) is 0 Å². The zero-order chi connectivity index (χ0) is 15.2. The third-order valence-corrected chi connectivity index (χ3v) is 5.41. The van der Waals surface area contributed by atoms with Gasteiger partial charge in [0.05, 0.1) is 0 Å². The van der Waals surface area contributed by atoms with E-state index < -0.39 is 0 Å². The summed E-state index contributed by atoms with van der Waals surface area (Å²) in [6.07, 6.45) is 6.33. The summed E-state index contributed by atoms with van der Waals surface area (Å²) < 4.78 is 1.15. The Balaban J connectivity index is 2.20. The highest BCUT2D eigenvalue weighted by Crippen LogP contribution is 2.31. The molecular weight excluding hydrogens is 324 g/mol. The molecule has 2 N–H and O–H groups in total. The Hall–Kier alpha value is -0.380. The second-order valence-electron chi connectivity index (χ2n) is 6.31. The summed E-state index contributed by atoms with van der Waals surface area (Å²) in [5, 5.41) is 0. The molecule has 1 heterocycles. The highest BCUT2D eigenvalue weighted by Gasteiger charge is 2.27. The topological polar surface area (TPSA) is 29.3 Å². The van der Waals surface area contributed by atoms with Crippen molar-refractivity contribution in [2.75, 3.05) is 13.1 Å². The van der Waals surface area contributed by atoms with Gasteiger partial charge in [0.2, 0.25) is 0 Å². The molecule has 1 aliphatic heterocycles. The second-order valence-corrected chi connectivity index (χ2v) is 7.23. The summed E-state index contributed by atoms with van der Waals surface area (Å²) in [6.45, 7) is 6.89. The predicted octanol–water partition coefficient (Wildman–Crippen LogP) is 4.74. The monoisotopic (exact) mass is 352 g/mol. The minimum Gasteiger partial charge on any atom is -0.326 e. The van der Waals surface area contributed by atoms with Crippen molar-refractivity contribution in [1.29, 1.82) is 0 Å². The van der Waals surface area contributed by atoms with Crippen LogP contribution < -0.4 is 5.73 Å². The van der Waals surface area contributed by atoms with Crippen LogP contribution in [0.15, 0.2) is 28.7 Å². The third kappa shape index (κ3) is 4.54. The average molecular weight is 353 g/mol.